The molecule has 0 aliphatic heterocycles. The summed E-state index contributed by atoms with van der Waals surface area (Å²) in [6.45, 7) is 5.06. The number of alkyl halides is 9. The second-order valence-electron chi connectivity index (χ2n) is 21.0. The Bertz CT molecular complexity index is 4430. The smallest absolute Gasteiger partial charge is 0.857 e. The van der Waals surface area contributed by atoms with E-state index in [9.17, 15) is 53.9 Å². The molecule has 0 unspecified atom stereocenters. The van der Waals surface area contributed by atoms with E-state index < -0.39 is 68.0 Å². The van der Waals surface area contributed by atoms with E-state index in [0.717, 1.165) is 81.0 Å². The van der Waals surface area contributed by atoms with Crippen LogP contribution in [0.4, 0.5) is 56.6 Å². The zero-order valence-electron chi connectivity index (χ0n) is 59.1. The fraction of sp³-hybridized carbons (Fsp3) is 0.230. The monoisotopic (exact) mass is 1580 g/mol. The number of amides is 3. The minimum Gasteiger partial charge on any atom is -0.857 e. The van der Waals surface area contributed by atoms with E-state index in [1.165, 1.54) is 43.8 Å². The number of aryl methyl sites for hydroxylation is 3. The Balaban J connectivity index is 0.000000519. The fourth-order valence-corrected chi connectivity index (χ4v) is 9.39. The van der Waals surface area contributed by atoms with Crippen LogP contribution in [0.2, 0.25) is 15.1 Å². The summed E-state index contributed by atoms with van der Waals surface area (Å²) in [4.78, 5) is 52.9. The molecule has 21 nitrogen and oxygen atoms in total. The van der Waals surface area contributed by atoms with Gasteiger partial charge < -0.3 is 61.7 Å². The van der Waals surface area contributed by atoms with Crippen molar-refractivity contribution in [2.45, 2.75) is 70.9 Å². The molecule has 3 amide bonds. The van der Waals surface area contributed by atoms with Gasteiger partial charge in [-0.1, -0.05) is 78.1 Å². The summed E-state index contributed by atoms with van der Waals surface area (Å²) in [5, 5.41) is 44.9. The van der Waals surface area contributed by atoms with Crippen LogP contribution in [0.15, 0.2) is 187 Å². The first-order valence-corrected chi connectivity index (χ1v) is 32.6. The number of aliphatic hydroxyl groups is 2. The van der Waals surface area contributed by atoms with Gasteiger partial charge in [0.2, 0.25) is 23.6 Å². The minimum atomic E-state index is -4.61. The van der Waals surface area contributed by atoms with E-state index in [2.05, 4.69) is 35.9 Å². The van der Waals surface area contributed by atoms with Gasteiger partial charge in [-0.25, -0.2) is 4.98 Å². The molecular formula is C74H74Cl3F9N11NaO10. The van der Waals surface area contributed by atoms with Crippen molar-refractivity contribution in [3.8, 4) is 40.6 Å². The number of ether oxygens (including phenoxy) is 4. The molecule has 9 rings (SSSR count). The van der Waals surface area contributed by atoms with Gasteiger partial charge in [-0.3, -0.25) is 34.8 Å². The largest absolute Gasteiger partial charge is 1.00 e. The maximum atomic E-state index is 13.0. The first-order valence-electron chi connectivity index (χ1n) is 31.5. The SMILES string of the molecule is CCN.CCN=C(N)c1cc(Oc2cccc(CCC(=O)Nc3ccc(Cl)c(C(F)(F)F)c3)c2)ccn1.CO.CO.COC(=N)c1cc(Oc2cccc(CCC(=O)Nc3ccc(Cl)c(C(F)(F)F)c3)c2)ccn1.C[O-].N#Cc1cc(Oc2cccc(CCC(=O)Nc3ccc(Cl)c(C(F)(F)F)c3)c2)ccn1.[Na+]. The van der Waals surface area contributed by atoms with Gasteiger partial charge in [0.05, 0.1) is 38.9 Å². The molecule has 0 spiro atoms. The van der Waals surface area contributed by atoms with Crippen LogP contribution in [-0.2, 0) is 56.9 Å². The Morgan fingerprint density at radius 2 is 0.824 bits per heavy atom. The number of benzene rings is 6. The number of nitrogens with zero attached hydrogens (tertiary/aromatic N) is 5. The summed E-state index contributed by atoms with van der Waals surface area (Å²) in [5.41, 5.74) is 11.2. The molecule has 570 valence electrons. The third-order valence-corrected chi connectivity index (χ3v) is 14.3. The van der Waals surface area contributed by atoms with Crippen molar-refractivity contribution in [3.63, 3.8) is 0 Å². The number of halogens is 12. The molecule has 0 saturated carbocycles. The molecule has 9 aromatic rings. The number of nitriles is 1. The molecule has 0 aliphatic rings. The topological polar surface area (TPSA) is 338 Å². The Morgan fingerprint density at radius 3 is 1.14 bits per heavy atom. The average Bonchev–Trinajstić information content (AvgIpc) is 0.828. The number of hydrogen-bond acceptors (Lipinski definition) is 17. The van der Waals surface area contributed by atoms with Gasteiger partial charge in [0.1, 0.15) is 63.5 Å². The van der Waals surface area contributed by atoms with E-state index in [1.54, 1.807) is 97.2 Å². The molecule has 10 N–H and O–H groups in total. The van der Waals surface area contributed by atoms with Crippen molar-refractivity contribution in [2.75, 3.05) is 57.5 Å². The number of aliphatic hydroxyl groups excluding tert-OH is 2. The predicted octanol–water partition coefficient (Wildman–Crippen LogP) is 13.1. The Morgan fingerprint density at radius 1 is 0.519 bits per heavy atom. The van der Waals surface area contributed by atoms with Gasteiger partial charge in [-0.05, 0) is 159 Å². The second kappa shape index (κ2) is 48.4. The Kier molecular flexibility index (Phi) is 42.2. The maximum Gasteiger partial charge on any atom is 1.00 e. The number of nitrogens with two attached hydrogens (primary N) is 2. The number of nitrogens with one attached hydrogen (secondary N) is 4. The van der Waals surface area contributed by atoms with Gasteiger partial charge in [-0.2, -0.15) is 51.9 Å². The average molecular weight is 1580 g/mol. The van der Waals surface area contributed by atoms with Crippen LogP contribution in [0.3, 0.4) is 0 Å². The summed E-state index contributed by atoms with van der Waals surface area (Å²) in [7, 11) is 4.12. The molecule has 3 heterocycles. The fourth-order valence-electron chi connectivity index (χ4n) is 8.71. The van der Waals surface area contributed by atoms with Crippen LogP contribution in [0.5, 0.6) is 34.5 Å². The molecular weight excluding hydrogens is 1500 g/mol. The van der Waals surface area contributed by atoms with Crippen molar-refractivity contribution in [2.24, 2.45) is 16.5 Å². The number of carbonyl (C=O) groups is 3. The summed E-state index contributed by atoms with van der Waals surface area (Å²) in [6.07, 6.45) is -8.08. The van der Waals surface area contributed by atoms with Crippen molar-refractivity contribution >= 4 is 81.3 Å². The molecule has 0 atom stereocenters. The van der Waals surface area contributed by atoms with Crippen molar-refractivity contribution in [1.82, 2.24) is 15.0 Å². The molecule has 34 heteroatoms. The summed E-state index contributed by atoms with van der Waals surface area (Å²) >= 11 is 16.8. The molecule has 0 radical (unpaired) electrons. The number of aromatic nitrogens is 3. The number of aliphatic imine (C=N–C) groups is 1. The molecule has 108 heavy (non-hydrogen) atoms. The number of amidine groups is 1. The van der Waals surface area contributed by atoms with Crippen molar-refractivity contribution < 1.29 is 118 Å². The number of anilines is 3. The van der Waals surface area contributed by atoms with Gasteiger partial charge in [-0.15, -0.1) is 0 Å². The number of pyridine rings is 3. The van der Waals surface area contributed by atoms with Gasteiger partial charge in [0.15, 0.2) is 0 Å². The van der Waals surface area contributed by atoms with Crippen molar-refractivity contribution in [1.29, 1.82) is 10.7 Å². The first kappa shape index (κ1) is 94.2. The van der Waals surface area contributed by atoms with Crippen LogP contribution >= 0.6 is 34.8 Å². The molecule has 0 saturated heterocycles. The van der Waals surface area contributed by atoms with E-state index in [-0.39, 0.29) is 77.5 Å². The zero-order chi connectivity index (χ0) is 79.9. The minimum absolute atomic E-state index is 0. The normalized spacial score (nSPS) is 10.6. The third kappa shape index (κ3) is 33.5. The molecule has 0 fully saturated rings. The van der Waals surface area contributed by atoms with Crippen LogP contribution in [-0.4, -0.2) is 96.1 Å². The Hall–Kier alpha value is -9.91. The Labute approximate surface area is 653 Å². The number of methoxy groups -OCH3 is 1. The number of rotatable bonds is 21. The summed E-state index contributed by atoms with van der Waals surface area (Å²) in [6, 6.07) is 42.5. The molecule has 3 aromatic heterocycles. The van der Waals surface area contributed by atoms with Crippen LogP contribution in [0, 0.1) is 16.7 Å². The predicted molar refractivity (Wildman–Crippen MR) is 389 cm³/mol. The van der Waals surface area contributed by atoms with Gasteiger partial charge >= 0.3 is 48.1 Å². The van der Waals surface area contributed by atoms with Crippen LogP contribution < -0.4 is 76.3 Å². The number of carbonyl (C=O) groups excluding carboxylic acids is 3. The maximum absolute atomic E-state index is 13.0. The second-order valence-corrected chi connectivity index (χ2v) is 22.2. The summed E-state index contributed by atoms with van der Waals surface area (Å²) in [5.74, 6) is 1.94. The van der Waals surface area contributed by atoms with Crippen molar-refractivity contribution in [3.05, 3.63) is 248 Å². The van der Waals surface area contributed by atoms with Gasteiger partial charge in [0.25, 0.3) is 0 Å². The van der Waals surface area contributed by atoms with Crippen LogP contribution in [0.25, 0.3) is 0 Å². The van der Waals surface area contributed by atoms with Gasteiger partial charge in [0, 0.05) is 93.9 Å². The first-order chi connectivity index (χ1) is 51.0. The molecule has 0 bridgehead atoms. The summed E-state index contributed by atoms with van der Waals surface area (Å²) < 4.78 is 139. The quantitative estimate of drug-likeness (QED) is 0.0143. The third-order valence-electron chi connectivity index (χ3n) is 13.3. The standard InChI is InChI=1S/C24H22ClF3N4O2.C23H19ClF3N3O3.C22H15ClF3N3O2.C2H7N.2CH4O.CH3O.Na/c1-2-30-23(29)21-14-18(10-11-31-21)34-17-5-3-4-15(12-17)6-9-22(33)32-16-7-8-20(25)19(13-16)24(26,27)28;1-32-22(28)20-13-17(9-10-29-20)33-16-4-2-3-14(11-16)5-8-21(31)30-15-6-7-19(24)18(12-15)23(25,26)27;23-20-6-5-15(12-19(20)22(24,25)26)29-21(30)7-4-14-2-1-3-17(10-14)31-18-8-9-28-16(11-18)13-27;1-2-3;3*1-2;/h3-5,7-8,10-14H,2,6,9H2,1H3,(H2,29,30)(H,32,33);2-4,6-7,9-13,28H,5,8H2,1H3,(H,30,31);1-3,5-6,8-12H,4,7H2,(H,29,30);2-3H2,1H3;2*2H,1H3;1H3;/q;;;;;;-1;+1. The molecule has 6 aromatic carbocycles. The van der Waals surface area contributed by atoms with E-state index in [4.69, 9.17) is 91.2 Å². The zero-order valence-corrected chi connectivity index (χ0v) is 63.3. The van der Waals surface area contributed by atoms with Crippen LogP contribution in [0.1, 0.15) is 83.6 Å². The molecule has 0 aliphatic carbocycles. The van der Waals surface area contributed by atoms with E-state index >= 15 is 0 Å². The number of hydrogen-bond donors (Lipinski definition) is 8. The van der Waals surface area contributed by atoms with E-state index in [1.807, 2.05) is 32.0 Å². The van der Waals surface area contributed by atoms with E-state index in [0.29, 0.717) is 77.5 Å².